The summed E-state index contributed by atoms with van der Waals surface area (Å²) in [6.07, 6.45) is 4.20. The SMILES string of the molecule is CC1(C)C=Cc2cccc(-c3cc(N)sc3Br)c2O1. The summed E-state index contributed by atoms with van der Waals surface area (Å²) in [6.45, 7) is 4.11. The average Bonchev–Trinajstić information content (AvgIpc) is 2.66. The predicted molar refractivity (Wildman–Crippen MR) is 85.6 cm³/mol. The molecule has 0 amide bonds. The van der Waals surface area contributed by atoms with Crippen molar-refractivity contribution < 1.29 is 4.74 Å². The van der Waals surface area contributed by atoms with E-state index in [1.54, 1.807) is 0 Å². The number of fused-ring (bicyclic) bond motifs is 1. The molecule has 0 aliphatic carbocycles. The molecule has 1 aliphatic heterocycles. The fraction of sp³-hybridized carbons (Fsp3) is 0.200. The van der Waals surface area contributed by atoms with Crippen molar-refractivity contribution in [3.63, 3.8) is 0 Å². The molecule has 1 aromatic heterocycles. The molecule has 1 aliphatic rings. The number of nitrogens with two attached hydrogens (primary N) is 1. The van der Waals surface area contributed by atoms with Crippen LogP contribution in [0.4, 0.5) is 5.00 Å². The van der Waals surface area contributed by atoms with Gasteiger partial charge < -0.3 is 10.5 Å². The van der Waals surface area contributed by atoms with Crippen molar-refractivity contribution >= 4 is 38.3 Å². The van der Waals surface area contributed by atoms with Gasteiger partial charge in [0.1, 0.15) is 11.4 Å². The molecule has 0 unspecified atom stereocenters. The van der Waals surface area contributed by atoms with Crippen LogP contribution >= 0.6 is 27.3 Å². The highest BCUT2D eigenvalue weighted by Gasteiger charge is 2.25. The van der Waals surface area contributed by atoms with Gasteiger partial charge in [0.15, 0.2) is 0 Å². The second-order valence-electron chi connectivity index (χ2n) is 5.10. The summed E-state index contributed by atoms with van der Waals surface area (Å²) in [6, 6.07) is 8.16. The van der Waals surface area contributed by atoms with Crippen molar-refractivity contribution in [2.75, 3.05) is 5.73 Å². The van der Waals surface area contributed by atoms with E-state index in [1.165, 1.54) is 11.3 Å². The standard InChI is InChI=1S/C15H14BrNOS/c1-15(2)7-6-9-4-3-5-10(13(9)18-15)11-8-12(17)19-14(11)16/h3-8H,17H2,1-2H3. The van der Waals surface area contributed by atoms with Gasteiger partial charge in [0.05, 0.1) is 8.79 Å². The van der Waals surface area contributed by atoms with E-state index in [1.807, 2.05) is 12.1 Å². The number of anilines is 1. The maximum Gasteiger partial charge on any atom is 0.135 e. The van der Waals surface area contributed by atoms with Gasteiger partial charge in [-0.25, -0.2) is 0 Å². The zero-order chi connectivity index (χ0) is 13.6. The third-order valence-corrected chi connectivity index (χ3v) is 4.74. The number of halogens is 1. The van der Waals surface area contributed by atoms with Crippen LogP contribution in [0, 0.1) is 0 Å². The van der Waals surface area contributed by atoms with Gasteiger partial charge in [0, 0.05) is 16.7 Å². The minimum Gasteiger partial charge on any atom is -0.483 e. The quantitative estimate of drug-likeness (QED) is 0.800. The molecule has 0 fully saturated rings. The summed E-state index contributed by atoms with van der Waals surface area (Å²) in [7, 11) is 0. The molecule has 2 heterocycles. The van der Waals surface area contributed by atoms with Gasteiger partial charge in [-0.05, 0) is 41.9 Å². The minimum absolute atomic E-state index is 0.281. The average molecular weight is 336 g/mol. The lowest BCUT2D eigenvalue weighted by Crippen LogP contribution is -2.27. The first kappa shape index (κ1) is 12.8. The van der Waals surface area contributed by atoms with Gasteiger partial charge >= 0.3 is 0 Å². The number of ether oxygens (including phenoxy) is 1. The van der Waals surface area contributed by atoms with E-state index in [4.69, 9.17) is 10.5 Å². The molecule has 19 heavy (non-hydrogen) atoms. The highest BCUT2D eigenvalue weighted by atomic mass is 79.9. The molecule has 3 rings (SSSR count). The molecule has 0 spiro atoms. The van der Waals surface area contributed by atoms with E-state index in [-0.39, 0.29) is 5.60 Å². The van der Waals surface area contributed by atoms with Crippen LogP contribution in [0.5, 0.6) is 5.75 Å². The Morgan fingerprint density at radius 2 is 2.05 bits per heavy atom. The summed E-state index contributed by atoms with van der Waals surface area (Å²) in [5, 5.41) is 0.796. The lowest BCUT2D eigenvalue weighted by atomic mass is 9.98. The zero-order valence-corrected chi connectivity index (χ0v) is 13.1. The highest BCUT2D eigenvalue weighted by molar-refractivity contribution is 9.11. The molecule has 2 nitrogen and oxygen atoms in total. The molecule has 1 aromatic carbocycles. The van der Waals surface area contributed by atoms with Crippen molar-refractivity contribution in [3.05, 3.63) is 39.7 Å². The van der Waals surface area contributed by atoms with Crippen LogP contribution in [0.25, 0.3) is 17.2 Å². The summed E-state index contributed by atoms with van der Waals surface area (Å²) >= 11 is 5.11. The Hall–Kier alpha value is -1.26. The maximum atomic E-state index is 6.13. The number of thiophene rings is 1. The Bertz CT molecular complexity index is 673. The number of hydrogen-bond acceptors (Lipinski definition) is 3. The highest BCUT2D eigenvalue weighted by Crippen LogP contribution is 2.45. The topological polar surface area (TPSA) is 35.2 Å². The summed E-state index contributed by atoms with van der Waals surface area (Å²) < 4.78 is 7.16. The van der Waals surface area contributed by atoms with Crippen LogP contribution in [0.1, 0.15) is 19.4 Å². The number of hydrogen-bond donors (Lipinski definition) is 1. The van der Waals surface area contributed by atoms with Crippen LogP contribution in [0.15, 0.2) is 34.1 Å². The number of para-hydroxylation sites is 1. The molecule has 4 heteroatoms. The number of nitrogen functional groups attached to an aromatic ring is 1. The van der Waals surface area contributed by atoms with E-state index < -0.39 is 0 Å². The fourth-order valence-electron chi connectivity index (χ4n) is 2.17. The monoisotopic (exact) mass is 335 g/mol. The van der Waals surface area contributed by atoms with Gasteiger partial charge in [-0.2, -0.15) is 0 Å². The third kappa shape index (κ3) is 2.30. The Balaban J connectivity index is 2.20. The van der Waals surface area contributed by atoms with Gasteiger partial charge in [-0.15, -0.1) is 11.3 Å². The van der Waals surface area contributed by atoms with Crippen LogP contribution in [0.3, 0.4) is 0 Å². The van der Waals surface area contributed by atoms with Crippen molar-refractivity contribution in [3.8, 4) is 16.9 Å². The summed E-state index contributed by atoms with van der Waals surface area (Å²) in [5.74, 6) is 0.925. The molecule has 2 N–H and O–H groups in total. The fourth-order valence-corrected chi connectivity index (χ4v) is 3.72. The van der Waals surface area contributed by atoms with Gasteiger partial charge in [-0.3, -0.25) is 0 Å². The Morgan fingerprint density at radius 1 is 1.26 bits per heavy atom. The second-order valence-corrected chi connectivity index (χ2v) is 7.50. The van der Waals surface area contributed by atoms with Crippen molar-refractivity contribution in [2.24, 2.45) is 0 Å². The van der Waals surface area contributed by atoms with Crippen LogP contribution in [-0.2, 0) is 0 Å². The van der Waals surface area contributed by atoms with Crippen molar-refractivity contribution in [1.29, 1.82) is 0 Å². The minimum atomic E-state index is -0.281. The second kappa shape index (κ2) is 4.39. The number of benzene rings is 1. The van der Waals surface area contributed by atoms with E-state index in [0.717, 1.165) is 31.2 Å². The molecule has 0 saturated heterocycles. The third-order valence-electron chi connectivity index (χ3n) is 3.07. The largest absolute Gasteiger partial charge is 0.483 e. The predicted octanol–water partition coefficient (Wildman–Crippen LogP) is 4.94. The normalized spacial score (nSPS) is 15.9. The Labute approximate surface area is 125 Å². The molecular formula is C15H14BrNOS. The summed E-state index contributed by atoms with van der Waals surface area (Å²) in [5.41, 5.74) is 8.87. The van der Waals surface area contributed by atoms with Crippen LogP contribution < -0.4 is 10.5 Å². The summed E-state index contributed by atoms with van der Waals surface area (Å²) in [4.78, 5) is 0. The van der Waals surface area contributed by atoms with Crippen LogP contribution in [0.2, 0.25) is 0 Å². The van der Waals surface area contributed by atoms with E-state index in [0.29, 0.717) is 0 Å². The van der Waals surface area contributed by atoms with Crippen LogP contribution in [-0.4, -0.2) is 5.60 Å². The van der Waals surface area contributed by atoms with Crippen molar-refractivity contribution in [1.82, 2.24) is 0 Å². The Kier molecular flexibility index (Phi) is 2.95. The number of rotatable bonds is 1. The van der Waals surface area contributed by atoms with E-state index in [2.05, 4.69) is 54.1 Å². The lowest BCUT2D eigenvalue weighted by Gasteiger charge is -2.29. The van der Waals surface area contributed by atoms with Crippen molar-refractivity contribution in [2.45, 2.75) is 19.4 Å². The first-order chi connectivity index (χ1) is 8.96. The van der Waals surface area contributed by atoms with E-state index >= 15 is 0 Å². The molecular weight excluding hydrogens is 322 g/mol. The van der Waals surface area contributed by atoms with Gasteiger partial charge in [-0.1, -0.05) is 24.3 Å². The van der Waals surface area contributed by atoms with Gasteiger partial charge in [0.25, 0.3) is 0 Å². The smallest absolute Gasteiger partial charge is 0.135 e. The van der Waals surface area contributed by atoms with E-state index in [9.17, 15) is 0 Å². The Morgan fingerprint density at radius 3 is 2.74 bits per heavy atom. The van der Waals surface area contributed by atoms with Gasteiger partial charge in [0.2, 0.25) is 0 Å². The molecule has 2 aromatic rings. The molecule has 98 valence electrons. The lowest BCUT2D eigenvalue weighted by molar-refractivity contribution is 0.160. The maximum absolute atomic E-state index is 6.13. The zero-order valence-electron chi connectivity index (χ0n) is 10.7. The molecule has 0 atom stereocenters. The first-order valence-corrected chi connectivity index (χ1v) is 7.64. The first-order valence-electron chi connectivity index (χ1n) is 6.03. The molecule has 0 saturated carbocycles. The molecule has 0 radical (unpaired) electrons. The molecule has 0 bridgehead atoms.